The van der Waals surface area contributed by atoms with E-state index in [0.29, 0.717) is 5.69 Å². The van der Waals surface area contributed by atoms with Gasteiger partial charge in [-0.25, -0.2) is 4.68 Å². The topological polar surface area (TPSA) is 30.3 Å². The minimum atomic E-state index is -4.68. The van der Waals surface area contributed by atoms with Gasteiger partial charge in [-0.2, -0.15) is 0 Å². The van der Waals surface area contributed by atoms with Crippen LogP contribution >= 0.6 is 0 Å². The lowest BCUT2D eigenvalue weighted by atomic mass is 10.2. The van der Waals surface area contributed by atoms with Crippen LogP contribution in [-0.4, -0.2) is 30.2 Å². The van der Waals surface area contributed by atoms with Crippen molar-refractivity contribution < 1.29 is 17.9 Å². The molecule has 0 fully saturated rings. The van der Waals surface area contributed by atoms with E-state index in [1.807, 2.05) is 46.7 Å². The fourth-order valence-electron chi connectivity index (χ4n) is 2.03. The third kappa shape index (κ3) is 4.64. The number of benzene rings is 1. The van der Waals surface area contributed by atoms with Gasteiger partial charge in [0, 0.05) is 25.4 Å². The van der Waals surface area contributed by atoms with Crippen LogP contribution in [0.4, 0.5) is 19.0 Å². The molecule has 0 aliphatic rings. The normalized spacial score (nSPS) is 10.8. The lowest BCUT2D eigenvalue weighted by molar-refractivity contribution is -0.274. The first kappa shape index (κ1) is 18.9. The smallest absolute Gasteiger partial charge is 0.406 e. The van der Waals surface area contributed by atoms with Crippen LogP contribution in [0.25, 0.3) is 5.69 Å². The summed E-state index contributed by atoms with van der Waals surface area (Å²) in [7, 11) is 3.78. The fourth-order valence-corrected chi connectivity index (χ4v) is 2.03. The van der Waals surface area contributed by atoms with Gasteiger partial charge in [-0.3, -0.25) is 0 Å². The molecule has 0 spiro atoms. The SMILES string of the molecule is CC.Cc1c(N(C)C)nn(-c2ccc(OC(F)(F)F)cc2)c1C. The third-order valence-corrected chi connectivity index (χ3v) is 3.13. The number of hydrogen-bond donors (Lipinski definition) is 0. The van der Waals surface area contributed by atoms with Crippen molar-refractivity contribution in [3.63, 3.8) is 0 Å². The van der Waals surface area contributed by atoms with Gasteiger partial charge >= 0.3 is 6.36 Å². The van der Waals surface area contributed by atoms with E-state index in [1.165, 1.54) is 12.1 Å². The van der Waals surface area contributed by atoms with Crippen LogP contribution < -0.4 is 9.64 Å². The quantitative estimate of drug-likeness (QED) is 0.832. The van der Waals surface area contributed by atoms with Crippen LogP contribution in [0.1, 0.15) is 25.1 Å². The number of ether oxygens (including phenoxy) is 1. The molecular formula is C16H22F3N3O. The first-order valence-electron chi connectivity index (χ1n) is 7.29. The highest BCUT2D eigenvalue weighted by Crippen LogP contribution is 2.26. The molecule has 0 saturated heterocycles. The number of rotatable bonds is 3. The first-order chi connectivity index (χ1) is 10.7. The number of halogens is 3. The first-order valence-corrected chi connectivity index (χ1v) is 7.29. The average molecular weight is 329 g/mol. The highest BCUT2D eigenvalue weighted by molar-refractivity contribution is 5.50. The van der Waals surface area contributed by atoms with E-state index in [-0.39, 0.29) is 5.75 Å². The summed E-state index contributed by atoms with van der Waals surface area (Å²) < 4.78 is 41.9. The molecule has 2 aromatic rings. The second kappa shape index (κ2) is 7.39. The number of alkyl halides is 3. The van der Waals surface area contributed by atoms with Gasteiger partial charge in [-0.15, -0.1) is 18.3 Å². The monoisotopic (exact) mass is 329 g/mol. The van der Waals surface area contributed by atoms with Crippen molar-refractivity contribution in [3.8, 4) is 11.4 Å². The van der Waals surface area contributed by atoms with Crippen molar-refractivity contribution >= 4 is 5.82 Å². The van der Waals surface area contributed by atoms with Crippen LogP contribution in [0.3, 0.4) is 0 Å². The number of aromatic nitrogens is 2. The maximum Gasteiger partial charge on any atom is 0.573 e. The third-order valence-electron chi connectivity index (χ3n) is 3.13. The summed E-state index contributed by atoms with van der Waals surface area (Å²) in [6.45, 7) is 7.87. The number of anilines is 1. The van der Waals surface area contributed by atoms with Gasteiger partial charge in [0.15, 0.2) is 5.82 Å². The summed E-state index contributed by atoms with van der Waals surface area (Å²) in [5.74, 6) is 0.573. The minimum Gasteiger partial charge on any atom is -0.406 e. The lowest BCUT2D eigenvalue weighted by Crippen LogP contribution is -2.17. The standard InChI is InChI=1S/C14H16F3N3O.C2H6/c1-9-10(2)20(18-13(9)19(3)4)11-5-7-12(8-6-11)21-14(15,16)17;1-2/h5-8H,1-4H3;1-2H3. The van der Waals surface area contributed by atoms with Gasteiger partial charge in [0.05, 0.1) is 5.69 Å². The van der Waals surface area contributed by atoms with Crippen LogP contribution in [0.5, 0.6) is 5.75 Å². The van der Waals surface area contributed by atoms with E-state index in [9.17, 15) is 13.2 Å². The second-order valence-electron chi connectivity index (χ2n) is 4.88. The van der Waals surface area contributed by atoms with Crippen molar-refractivity contribution in [2.24, 2.45) is 0 Å². The summed E-state index contributed by atoms with van der Waals surface area (Å²) >= 11 is 0. The van der Waals surface area contributed by atoms with Crippen LogP contribution in [0.2, 0.25) is 0 Å². The van der Waals surface area contributed by atoms with E-state index in [2.05, 4.69) is 9.84 Å². The van der Waals surface area contributed by atoms with E-state index < -0.39 is 6.36 Å². The highest BCUT2D eigenvalue weighted by atomic mass is 19.4. The average Bonchev–Trinajstić information content (AvgIpc) is 2.77. The number of hydrogen-bond acceptors (Lipinski definition) is 3. The highest BCUT2D eigenvalue weighted by Gasteiger charge is 2.31. The Morgan fingerprint density at radius 2 is 1.57 bits per heavy atom. The zero-order valence-corrected chi connectivity index (χ0v) is 14.2. The van der Waals surface area contributed by atoms with Gasteiger partial charge in [-0.05, 0) is 38.1 Å². The van der Waals surface area contributed by atoms with Gasteiger partial charge in [0.2, 0.25) is 0 Å². The molecule has 128 valence electrons. The molecule has 0 aliphatic carbocycles. The fraction of sp³-hybridized carbons (Fsp3) is 0.438. The minimum absolute atomic E-state index is 0.249. The molecule has 7 heteroatoms. The summed E-state index contributed by atoms with van der Waals surface area (Å²) in [5, 5.41) is 4.46. The zero-order valence-electron chi connectivity index (χ0n) is 14.2. The molecule has 0 amide bonds. The van der Waals surface area contributed by atoms with Crippen molar-refractivity contribution in [2.45, 2.75) is 34.1 Å². The Hall–Kier alpha value is -2.18. The van der Waals surface area contributed by atoms with Crippen LogP contribution in [0.15, 0.2) is 24.3 Å². The molecule has 0 aliphatic heterocycles. The molecule has 0 saturated carbocycles. The summed E-state index contributed by atoms with van der Waals surface area (Å²) in [4.78, 5) is 1.89. The van der Waals surface area contributed by atoms with Crippen LogP contribution in [0, 0.1) is 13.8 Å². The van der Waals surface area contributed by atoms with E-state index in [4.69, 9.17) is 0 Å². The molecule has 0 unspecified atom stereocenters. The Bertz CT molecular complexity index is 631. The van der Waals surface area contributed by atoms with Crippen LogP contribution in [-0.2, 0) is 0 Å². The molecule has 0 atom stereocenters. The molecule has 1 aromatic heterocycles. The molecule has 1 heterocycles. The Kier molecular flexibility index (Phi) is 6.06. The summed E-state index contributed by atoms with van der Waals surface area (Å²) in [6, 6.07) is 5.63. The maximum absolute atomic E-state index is 12.1. The predicted octanol–water partition coefficient (Wildman–Crippen LogP) is 4.48. The van der Waals surface area contributed by atoms with Crippen molar-refractivity contribution in [1.29, 1.82) is 0 Å². The maximum atomic E-state index is 12.1. The summed E-state index contributed by atoms with van der Waals surface area (Å²) in [5.41, 5.74) is 2.64. The molecule has 1 aromatic carbocycles. The molecule has 0 bridgehead atoms. The molecule has 4 nitrogen and oxygen atoms in total. The van der Waals surface area contributed by atoms with Gasteiger partial charge in [0.1, 0.15) is 5.75 Å². The second-order valence-corrected chi connectivity index (χ2v) is 4.88. The Morgan fingerprint density at radius 3 is 1.96 bits per heavy atom. The molecule has 0 radical (unpaired) electrons. The van der Waals surface area contributed by atoms with Gasteiger partial charge in [-0.1, -0.05) is 13.8 Å². The van der Waals surface area contributed by atoms with E-state index >= 15 is 0 Å². The lowest BCUT2D eigenvalue weighted by Gasteiger charge is -2.10. The zero-order chi connectivity index (χ0) is 17.8. The molecule has 2 rings (SSSR count). The number of nitrogens with zero attached hydrogens (tertiary/aromatic N) is 3. The molecule has 0 N–H and O–H groups in total. The van der Waals surface area contributed by atoms with Crippen molar-refractivity contribution in [3.05, 3.63) is 35.5 Å². The van der Waals surface area contributed by atoms with Crippen molar-refractivity contribution in [1.82, 2.24) is 9.78 Å². The van der Waals surface area contributed by atoms with E-state index in [0.717, 1.165) is 17.1 Å². The Labute approximate surface area is 134 Å². The largest absolute Gasteiger partial charge is 0.573 e. The summed E-state index contributed by atoms with van der Waals surface area (Å²) in [6.07, 6.45) is -4.68. The predicted molar refractivity (Wildman–Crippen MR) is 85.4 cm³/mol. The molecular weight excluding hydrogens is 307 g/mol. The Balaban J connectivity index is 0.00000127. The van der Waals surface area contributed by atoms with E-state index in [1.54, 1.807) is 16.8 Å². The molecule has 23 heavy (non-hydrogen) atoms. The van der Waals surface area contributed by atoms with Crippen molar-refractivity contribution in [2.75, 3.05) is 19.0 Å². The van der Waals surface area contributed by atoms with Gasteiger partial charge < -0.3 is 9.64 Å². The Morgan fingerprint density at radius 1 is 1.04 bits per heavy atom. The van der Waals surface area contributed by atoms with Gasteiger partial charge in [0.25, 0.3) is 0 Å².